The molecular formula is C12H13IN2O2. The molecule has 1 aromatic rings. The van der Waals surface area contributed by atoms with Crippen molar-refractivity contribution in [2.24, 2.45) is 0 Å². The van der Waals surface area contributed by atoms with Crippen molar-refractivity contribution >= 4 is 40.1 Å². The van der Waals surface area contributed by atoms with Gasteiger partial charge in [0.1, 0.15) is 12.1 Å². The van der Waals surface area contributed by atoms with Gasteiger partial charge in [0, 0.05) is 3.57 Å². The lowest BCUT2D eigenvalue weighted by Gasteiger charge is -2.36. The Morgan fingerprint density at radius 2 is 1.88 bits per heavy atom. The van der Waals surface area contributed by atoms with Crippen LogP contribution in [0, 0.1) is 3.57 Å². The lowest BCUT2D eigenvalue weighted by molar-refractivity contribution is -0.133. The number of piperazine rings is 1. The fourth-order valence-corrected chi connectivity index (χ4v) is 2.53. The normalized spacial score (nSPS) is 24.8. The molecule has 1 aliphatic heterocycles. The number of para-hydroxylation sites is 1. The van der Waals surface area contributed by atoms with Crippen molar-refractivity contribution in [1.82, 2.24) is 5.32 Å². The van der Waals surface area contributed by atoms with E-state index in [1.807, 2.05) is 24.3 Å². The summed E-state index contributed by atoms with van der Waals surface area (Å²) in [5.41, 5.74) is 0.798. The molecule has 1 N–H and O–H groups in total. The van der Waals surface area contributed by atoms with E-state index in [2.05, 4.69) is 27.9 Å². The van der Waals surface area contributed by atoms with Crippen LogP contribution in [0.3, 0.4) is 0 Å². The summed E-state index contributed by atoms with van der Waals surface area (Å²) in [6, 6.07) is 6.64. The molecule has 1 heterocycles. The van der Waals surface area contributed by atoms with Crippen molar-refractivity contribution in [1.29, 1.82) is 0 Å². The number of carbonyl (C=O) groups is 2. The fraction of sp³-hybridized carbons (Fsp3) is 0.333. The maximum atomic E-state index is 12.1. The van der Waals surface area contributed by atoms with Crippen LogP contribution in [0.15, 0.2) is 24.3 Å². The van der Waals surface area contributed by atoms with E-state index in [9.17, 15) is 9.59 Å². The number of amides is 2. The molecule has 2 rings (SSSR count). The van der Waals surface area contributed by atoms with Crippen molar-refractivity contribution in [3.63, 3.8) is 0 Å². The van der Waals surface area contributed by atoms with Crippen molar-refractivity contribution in [3.8, 4) is 0 Å². The highest BCUT2D eigenvalue weighted by molar-refractivity contribution is 14.1. The predicted octanol–water partition coefficient (Wildman–Crippen LogP) is 1.53. The lowest BCUT2D eigenvalue weighted by atomic mass is 10.1. The number of nitrogens with zero attached hydrogens (tertiary/aromatic N) is 1. The first-order chi connectivity index (χ1) is 8.02. The fourth-order valence-electron chi connectivity index (χ4n) is 1.89. The zero-order valence-corrected chi connectivity index (χ0v) is 11.8. The molecule has 0 saturated carbocycles. The Morgan fingerprint density at radius 1 is 1.24 bits per heavy atom. The average molecular weight is 344 g/mol. The predicted molar refractivity (Wildman–Crippen MR) is 73.7 cm³/mol. The van der Waals surface area contributed by atoms with Crippen LogP contribution < -0.4 is 10.2 Å². The number of nitrogens with one attached hydrogen (secondary N) is 1. The summed E-state index contributed by atoms with van der Waals surface area (Å²) in [5, 5.41) is 2.67. The molecule has 0 aliphatic carbocycles. The van der Waals surface area contributed by atoms with Crippen LogP contribution in [0.4, 0.5) is 5.69 Å². The number of hydrogen-bond donors (Lipinski definition) is 1. The number of halogens is 1. The third-order valence-electron chi connectivity index (χ3n) is 2.85. The summed E-state index contributed by atoms with van der Waals surface area (Å²) < 4.78 is 0.965. The Morgan fingerprint density at radius 3 is 2.53 bits per heavy atom. The maximum absolute atomic E-state index is 12.1. The zero-order chi connectivity index (χ0) is 12.6. The van der Waals surface area contributed by atoms with E-state index in [4.69, 9.17) is 0 Å². The monoisotopic (exact) mass is 344 g/mol. The minimum atomic E-state index is -0.463. The SMILES string of the molecule is CC1NC(=O)C(C)N(c2ccccc2I)C1=O. The summed E-state index contributed by atoms with van der Waals surface area (Å²) in [7, 11) is 0. The standard InChI is InChI=1S/C12H13IN2O2/c1-7-12(17)15(8(2)11(16)14-7)10-6-4-3-5-9(10)13/h3-8H,1-2H3,(H,14,16). The molecule has 1 aromatic carbocycles. The molecule has 0 spiro atoms. The molecule has 1 saturated heterocycles. The third kappa shape index (κ3) is 2.15. The van der Waals surface area contributed by atoms with Gasteiger partial charge in [0.15, 0.2) is 0 Å². The van der Waals surface area contributed by atoms with Crippen molar-refractivity contribution < 1.29 is 9.59 Å². The Kier molecular flexibility index (Phi) is 3.37. The van der Waals surface area contributed by atoms with E-state index in [1.165, 1.54) is 0 Å². The molecule has 2 amide bonds. The average Bonchev–Trinajstić information content (AvgIpc) is 2.29. The van der Waals surface area contributed by atoms with Gasteiger partial charge in [0.05, 0.1) is 5.69 Å². The third-order valence-corrected chi connectivity index (χ3v) is 3.76. The van der Waals surface area contributed by atoms with Gasteiger partial charge in [-0.2, -0.15) is 0 Å². The molecule has 4 nitrogen and oxygen atoms in total. The van der Waals surface area contributed by atoms with Crippen LogP contribution in [0.5, 0.6) is 0 Å². The molecule has 2 unspecified atom stereocenters. The van der Waals surface area contributed by atoms with Gasteiger partial charge in [0.2, 0.25) is 11.8 Å². The number of rotatable bonds is 1. The highest BCUT2D eigenvalue weighted by Crippen LogP contribution is 2.26. The van der Waals surface area contributed by atoms with Gasteiger partial charge in [-0.15, -0.1) is 0 Å². The molecule has 90 valence electrons. The van der Waals surface area contributed by atoms with Crippen LogP contribution >= 0.6 is 22.6 Å². The number of anilines is 1. The van der Waals surface area contributed by atoms with Crippen LogP contribution in [0.25, 0.3) is 0 Å². The quantitative estimate of drug-likeness (QED) is 0.786. The minimum absolute atomic E-state index is 0.0683. The van der Waals surface area contributed by atoms with Gasteiger partial charge in [-0.05, 0) is 48.6 Å². The van der Waals surface area contributed by atoms with E-state index < -0.39 is 12.1 Å². The van der Waals surface area contributed by atoms with Gasteiger partial charge in [-0.1, -0.05) is 12.1 Å². The van der Waals surface area contributed by atoms with Gasteiger partial charge >= 0.3 is 0 Å². The van der Waals surface area contributed by atoms with Crippen molar-refractivity contribution in [2.45, 2.75) is 25.9 Å². The first-order valence-corrected chi connectivity index (χ1v) is 6.48. The maximum Gasteiger partial charge on any atom is 0.250 e. The van der Waals surface area contributed by atoms with E-state index in [0.29, 0.717) is 0 Å². The van der Waals surface area contributed by atoms with E-state index in [1.54, 1.807) is 18.7 Å². The van der Waals surface area contributed by atoms with Crippen molar-refractivity contribution in [2.75, 3.05) is 4.90 Å². The van der Waals surface area contributed by atoms with Gasteiger partial charge in [-0.3, -0.25) is 14.5 Å². The molecular weight excluding hydrogens is 331 g/mol. The van der Waals surface area contributed by atoms with E-state index in [-0.39, 0.29) is 11.8 Å². The Bertz CT molecular complexity index is 475. The second-order valence-corrected chi connectivity index (χ2v) is 5.23. The number of benzene rings is 1. The summed E-state index contributed by atoms with van der Waals surface area (Å²) >= 11 is 2.17. The van der Waals surface area contributed by atoms with Crippen LogP contribution in [-0.4, -0.2) is 23.9 Å². The molecule has 0 bridgehead atoms. The van der Waals surface area contributed by atoms with Gasteiger partial charge in [-0.25, -0.2) is 0 Å². The first-order valence-electron chi connectivity index (χ1n) is 5.40. The largest absolute Gasteiger partial charge is 0.343 e. The topological polar surface area (TPSA) is 49.4 Å². The summed E-state index contributed by atoms with van der Waals surface area (Å²) in [4.78, 5) is 25.5. The Balaban J connectivity index is 2.45. The molecule has 0 radical (unpaired) electrons. The van der Waals surface area contributed by atoms with Crippen LogP contribution in [0.2, 0.25) is 0 Å². The van der Waals surface area contributed by atoms with Gasteiger partial charge in [0.25, 0.3) is 0 Å². The molecule has 0 aromatic heterocycles. The number of carbonyl (C=O) groups excluding carboxylic acids is 2. The van der Waals surface area contributed by atoms with Crippen molar-refractivity contribution in [3.05, 3.63) is 27.8 Å². The molecule has 17 heavy (non-hydrogen) atoms. The Labute approximate surface area is 114 Å². The molecule has 5 heteroatoms. The summed E-state index contributed by atoms with van der Waals surface area (Å²) in [6.07, 6.45) is 0. The highest BCUT2D eigenvalue weighted by atomic mass is 127. The summed E-state index contributed by atoms with van der Waals surface area (Å²) in [6.45, 7) is 3.44. The summed E-state index contributed by atoms with van der Waals surface area (Å²) in [5.74, 6) is -0.182. The Hall–Kier alpha value is -1.11. The minimum Gasteiger partial charge on any atom is -0.343 e. The van der Waals surface area contributed by atoms with E-state index in [0.717, 1.165) is 9.26 Å². The highest BCUT2D eigenvalue weighted by Gasteiger charge is 2.37. The van der Waals surface area contributed by atoms with Crippen LogP contribution in [0.1, 0.15) is 13.8 Å². The zero-order valence-electron chi connectivity index (χ0n) is 9.61. The smallest absolute Gasteiger partial charge is 0.250 e. The van der Waals surface area contributed by atoms with Crippen LogP contribution in [-0.2, 0) is 9.59 Å². The first kappa shape index (κ1) is 12.3. The lowest BCUT2D eigenvalue weighted by Crippen LogP contribution is -2.61. The molecule has 1 fully saturated rings. The van der Waals surface area contributed by atoms with Gasteiger partial charge < -0.3 is 5.32 Å². The number of hydrogen-bond acceptors (Lipinski definition) is 2. The second kappa shape index (κ2) is 4.64. The van der Waals surface area contributed by atoms with E-state index >= 15 is 0 Å². The second-order valence-electron chi connectivity index (χ2n) is 4.07. The molecule has 1 aliphatic rings. The molecule has 2 atom stereocenters.